The molecule has 100 valence electrons. The third kappa shape index (κ3) is 2.35. The number of anilines is 1. The maximum Gasteiger partial charge on any atom is 0.133 e. The number of nitrogens with one attached hydrogen (secondary N) is 1. The molecule has 3 nitrogen and oxygen atoms in total. The predicted octanol–water partition coefficient (Wildman–Crippen LogP) is 3.84. The number of aromatic nitrogens is 2. The second-order valence-corrected chi connectivity index (χ2v) is 5.34. The van der Waals surface area contributed by atoms with Crippen molar-refractivity contribution in [1.82, 2.24) is 9.78 Å². The number of hydrogen-bond donors (Lipinski definition) is 1. The van der Waals surface area contributed by atoms with Crippen LogP contribution in [0.1, 0.15) is 31.0 Å². The highest BCUT2D eigenvalue weighted by Crippen LogP contribution is 2.28. The lowest BCUT2D eigenvalue weighted by Gasteiger charge is -2.09. The second kappa shape index (κ2) is 5.25. The number of hydrogen-bond acceptors (Lipinski definition) is 2. The fourth-order valence-electron chi connectivity index (χ4n) is 2.63. The van der Waals surface area contributed by atoms with E-state index in [0.717, 1.165) is 35.9 Å². The van der Waals surface area contributed by atoms with Gasteiger partial charge in [-0.1, -0.05) is 18.5 Å². The summed E-state index contributed by atoms with van der Waals surface area (Å²) in [5.74, 6) is 1.16. The minimum absolute atomic E-state index is 0.755. The Labute approximate surface area is 118 Å². The van der Waals surface area contributed by atoms with Gasteiger partial charge in [0.05, 0.1) is 11.4 Å². The number of halogens is 1. The third-order valence-corrected chi connectivity index (χ3v) is 3.87. The Kier molecular flexibility index (Phi) is 3.47. The van der Waals surface area contributed by atoms with Crippen molar-refractivity contribution in [1.29, 1.82) is 0 Å². The highest BCUT2D eigenvalue weighted by Gasteiger charge is 2.19. The molecule has 0 amide bonds. The zero-order valence-corrected chi connectivity index (χ0v) is 11.9. The third-order valence-electron chi connectivity index (χ3n) is 3.62. The molecule has 0 aliphatic carbocycles. The Morgan fingerprint density at radius 1 is 1.26 bits per heavy atom. The van der Waals surface area contributed by atoms with Crippen molar-refractivity contribution < 1.29 is 0 Å². The number of fused-ring (bicyclic) bond motifs is 1. The topological polar surface area (TPSA) is 29.9 Å². The summed E-state index contributed by atoms with van der Waals surface area (Å²) in [5, 5.41) is 9.05. The van der Waals surface area contributed by atoms with Gasteiger partial charge in [-0.25, -0.2) is 4.68 Å². The summed E-state index contributed by atoms with van der Waals surface area (Å²) < 4.78 is 2.02. The first kappa shape index (κ1) is 12.5. The van der Waals surface area contributed by atoms with Gasteiger partial charge in [-0.3, -0.25) is 0 Å². The van der Waals surface area contributed by atoms with E-state index >= 15 is 0 Å². The standard InChI is InChI=1S/C15H18ClN3/c1-2-14-13-5-3-4-10-17-15(13)19(18-14)12-8-6-11(16)7-9-12/h6-9,17H,2-5,10H2,1H3. The fourth-order valence-corrected chi connectivity index (χ4v) is 2.75. The van der Waals surface area contributed by atoms with Crippen LogP contribution in [0.15, 0.2) is 24.3 Å². The Morgan fingerprint density at radius 2 is 2.05 bits per heavy atom. The van der Waals surface area contributed by atoms with E-state index in [-0.39, 0.29) is 0 Å². The van der Waals surface area contributed by atoms with E-state index in [4.69, 9.17) is 16.7 Å². The van der Waals surface area contributed by atoms with Crippen LogP contribution in [-0.4, -0.2) is 16.3 Å². The van der Waals surface area contributed by atoms with Crippen molar-refractivity contribution in [3.8, 4) is 5.69 Å². The van der Waals surface area contributed by atoms with Gasteiger partial charge in [0.1, 0.15) is 5.82 Å². The van der Waals surface area contributed by atoms with Crippen LogP contribution < -0.4 is 5.32 Å². The molecule has 0 saturated carbocycles. The van der Waals surface area contributed by atoms with Crippen molar-refractivity contribution in [2.45, 2.75) is 32.6 Å². The summed E-state index contributed by atoms with van der Waals surface area (Å²) in [6, 6.07) is 7.85. The molecule has 2 aromatic rings. The van der Waals surface area contributed by atoms with E-state index in [1.165, 1.54) is 24.1 Å². The number of nitrogens with zero attached hydrogens (tertiary/aromatic N) is 2. The first-order chi connectivity index (χ1) is 9.29. The first-order valence-electron chi connectivity index (χ1n) is 6.90. The largest absolute Gasteiger partial charge is 0.370 e. The summed E-state index contributed by atoms with van der Waals surface area (Å²) in [5.41, 5.74) is 3.66. The van der Waals surface area contributed by atoms with E-state index in [2.05, 4.69) is 12.2 Å². The smallest absolute Gasteiger partial charge is 0.133 e. The Balaban J connectivity index is 2.10. The van der Waals surface area contributed by atoms with Crippen LogP contribution >= 0.6 is 11.6 Å². The van der Waals surface area contributed by atoms with Crippen molar-refractivity contribution in [3.05, 3.63) is 40.5 Å². The zero-order valence-electron chi connectivity index (χ0n) is 11.1. The van der Waals surface area contributed by atoms with Crippen molar-refractivity contribution in [2.24, 2.45) is 0 Å². The van der Waals surface area contributed by atoms with Crippen molar-refractivity contribution in [2.75, 3.05) is 11.9 Å². The fraction of sp³-hybridized carbons (Fsp3) is 0.400. The van der Waals surface area contributed by atoms with Gasteiger partial charge in [-0.15, -0.1) is 0 Å². The van der Waals surface area contributed by atoms with Gasteiger partial charge in [-0.2, -0.15) is 5.10 Å². The van der Waals surface area contributed by atoms with Gasteiger partial charge in [0.15, 0.2) is 0 Å². The molecule has 0 spiro atoms. The second-order valence-electron chi connectivity index (χ2n) is 4.90. The lowest BCUT2D eigenvalue weighted by atomic mass is 10.1. The van der Waals surface area contributed by atoms with Gasteiger partial charge in [-0.05, 0) is 49.9 Å². The molecular weight excluding hydrogens is 258 g/mol. The van der Waals surface area contributed by atoms with E-state index in [9.17, 15) is 0 Å². The predicted molar refractivity (Wildman–Crippen MR) is 79.4 cm³/mol. The first-order valence-corrected chi connectivity index (χ1v) is 7.28. The highest BCUT2D eigenvalue weighted by atomic mass is 35.5. The molecule has 0 radical (unpaired) electrons. The number of aryl methyl sites for hydroxylation is 1. The maximum absolute atomic E-state index is 5.96. The lowest BCUT2D eigenvalue weighted by molar-refractivity contribution is 0.765. The highest BCUT2D eigenvalue weighted by molar-refractivity contribution is 6.30. The molecule has 0 saturated heterocycles. The van der Waals surface area contributed by atoms with Crippen molar-refractivity contribution in [3.63, 3.8) is 0 Å². The molecular formula is C15H18ClN3. The molecule has 0 atom stereocenters. The molecule has 3 rings (SSSR count). The zero-order chi connectivity index (χ0) is 13.2. The van der Waals surface area contributed by atoms with Crippen LogP contribution in [0, 0.1) is 0 Å². The van der Waals surface area contributed by atoms with E-state index in [1.54, 1.807) is 0 Å². The summed E-state index contributed by atoms with van der Waals surface area (Å²) in [6.45, 7) is 3.19. The maximum atomic E-state index is 5.96. The number of benzene rings is 1. The molecule has 1 aliphatic heterocycles. The number of rotatable bonds is 2. The van der Waals surface area contributed by atoms with Gasteiger partial charge < -0.3 is 5.32 Å². The summed E-state index contributed by atoms with van der Waals surface area (Å²) in [4.78, 5) is 0. The molecule has 1 aromatic heterocycles. The molecule has 1 aliphatic rings. The average molecular weight is 276 g/mol. The molecule has 19 heavy (non-hydrogen) atoms. The monoisotopic (exact) mass is 275 g/mol. The normalized spacial score (nSPS) is 14.6. The molecule has 1 N–H and O–H groups in total. The Hall–Kier alpha value is -1.48. The van der Waals surface area contributed by atoms with Crippen LogP contribution in [-0.2, 0) is 12.8 Å². The molecule has 0 fully saturated rings. The molecule has 2 heterocycles. The summed E-state index contributed by atoms with van der Waals surface area (Å²) >= 11 is 5.96. The SMILES string of the molecule is CCc1nn(-c2ccc(Cl)cc2)c2c1CCCCN2. The molecule has 0 bridgehead atoms. The van der Waals surface area contributed by atoms with Gasteiger partial charge in [0.25, 0.3) is 0 Å². The van der Waals surface area contributed by atoms with E-state index in [1.807, 2.05) is 28.9 Å². The average Bonchev–Trinajstić information content (AvgIpc) is 2.61. The summed E-state index contributed by atoms with van der Waals surface area (Å²) in [7, 11) is 0. The minimum atomic E-state index is 0.755. The molecule has 1 aromatic carbocycles. The minimum Gasteiger partial charge on any atom is -0.370 e. The van der Waals surface area contributed by atoms with E-state index in [0.29, 0.717) is 0 Å². The molecule has 0 unspecified atom stereocenters. The van der Waals surface area contributed by atoms with Gasteiger partial charge >= 0.3 is 0 Å². The van der Waals surface area contributed by atoms with Crippen LogP contribution in [0.5, 0.6) is 0 Å². The summed E-state index contributed by atoms with van der Waals surface area (Å²) in [6.07, 6.45) is 4.56. The quantitative estimate of drug-likeness (QED) is 0.903. The lowest BCUT2D eigenvalue weighted by Crippen LogP contribution is -2.07. The Bertz CT molecular complexity index is 572. The van der Waals surface area contributed by atoms with Crippen molar-refractivity contribution >= 4 is 17.4 Å². The van der Waals surface area contributed by atoms with Crippen LogP contribution in [0.25, 0.3) is 5.69 Å². The van der Waals surface area contributed by atoms with Crippen LogP contribution in [0.3, 0.4) is 0 Å². The van der Waals surface area contributed by atoms with E-state index < -0.39 is 0 Å². The van der Waals surface area contributed by atoms with Gasteiger partial charge in [0.2, 0.25) is 0 Å². The van der Waals surface area contributed by atoms with Crippen LogP contribution in [0.4, 0.5) is 5.82 Å². The molecule has 4 heteroatoms. The Morgan fingerprint density at radius 3 is 2.79 bits per heavy atom. The van der Waals surface area contributed by atoms with Gasteiger partial charge in [0, 0.05) is 17.1 Å². The van der Waals surface area contributed by atoms with Crippen LogP contribution in [0.2, 0.25) is 5.02 Å².